The van der Waals surface area contributed by atoms with Gasteiger partial charge >= 0.3 is 0 Å². The summed E-state index contributed by atoms with van der Waals surface area (Å²) in [7, 11) is 1.51. The van der Waals surface area contributed by atoms with E-state index in [1.807, 2.05) is 0 Å². The van der Waals surface area contributed by atoms with Crippen LogP contribution in [0.1, 0.15) is 0 Å². The van der Waals surface area contributed by atoms with E-state index in [0.717, 1.165) is 5.01 Å². The van der Waals surface area contributed by atoms with E-state index < -0.39 is 0 Å². The normalized spacial score (nSPS) is 15.5. The first-order valence-corrected chi connectivity index (χ1v) is 6.74. The first-order valence-electron chi connectivity index (χ1n) is 6.74. The maximum Gasteiger partial charge on any atom is 0.246 e. The maximum absolute atomic E-state index is 12.0. The van der Waals surface area contributed by atoms with Crippen molar-refractivity contribution >= 4 is 17.7 Å². The Kier molecular flexibility index (Phi) is 6.39. The van der Waals surface area contributed by atoms with Crippen molar-refractivity contribution in [1.82, 2.24) is 20.1 Å². The fraction of sp³-hybridized carbons (Fsp3) is 0.462. The van der Waals surface area contributed by atoms with Crippen LogP contribution in [0, 0.1) is 0 Å². The molecule has 1 heterocycles. The van der Waals surface area contributed by atoms with Gasteiger partial charge in [-0.1, -0.05) is 6.58 Å². The van der Waals surface area contributed by atoms with Crippen molar-refractivity contribution in [3.05, 3.63) is 24.6 Å². The lowest BCUT2D eigenvalue weighted by Crippen LogP contribution is -2.52. The zero-order valence-corrected chi connectivity index (χ0v) is 12.6. The largest absolute Gasteiger partial charge is 0.399 e. The number of nitrogens with zero attached hydrogens (tertiary/aromatic N) is 3. The number of hydrazine groups is 1. The highest BCUT2D eigenvalue weighted by molar-refractivity contribution is 5.91. The number of hydrogen-bond donors (Lipinski definition) is 3. The summed E-state index contributed by atoms with van der Waals surface area (Å²) >= 11 is 0. The Morgan fingerprint density at radius 2 is 2.14 bits per heavy atom. The topological polar surface area (TPSA) is 125 Å². The lowest BCUT2D eigenvalue weighted by Gasteiger charge is -2.34. The van der Waals surface area contributed by atoms with Crippen molar-refractivity contribution in [3.8, 4) is 0 Å². The second-order valence-electron chi connectivity index (χ2n) is 4.83. The standard InChI is InChI=1S/C13H22N6O3/c1-3-12(21)18-5-4-17(13(22)9-18)6-10(14)7-19(15)8-11(20)16-2/h3,7H,1,4-6,8-9,14-15H2,2H3,(H,16,20)/b10-7-. The fourth-order valence-electron chi connectivity index (χ4n) is 1.96. The van der Waals surface area contributed by atoms with Crippen molar-refractivity contribution in [1.29, 1.82) is 0 Å². The van der Waals surface area contributed by atoms with Gasteiger partial charge in [0.25, 0.3) is 0 Å². The molecule has 22 heavy (non-hydrogen) atoms. The predicted octanol–water partition coefficient (Wildman–Crippen LogP) is -2.43. The molecule has 5 N–H and O–H groups in total. The van der Waals surface area contributed by atoms with Crippen LogP contribution in [-0.2, 0) is 14.4 Å². The Hall–Kier alpha value is -2.55. The van der Waals surface area contributed by atoms with Gasteiger partial charge in [0.2, 0.25) is 17.7 Å². The lowest BCUT2D eigenvalue weighted by atomic mass is 10.2. The lowest BCUT2D eigenvalue weighted by molar-refractivity contribution is -0.142. The smallest absolute Gasteiger partial charge is 0.246 e. The molecule has 9 heteroatoms. The van der Waals surface area contributed by atoms with Gasteiger partial charge in [-0.2, -0.15) is 0 Å². The van der Waals surface area contributed by atoms with Crippen molar-refractivity contribution in [2.75, 3.05) is 39.8 Å². The van der Waals surface area contributed by atoms with Crippen molar-refractivity contribution in [2.24, 2.45) is 11.6 Å². The first-order chi connectivity index (χ1) is 10.4. The van der Waals surface area contributed by atoms with E-state index in [0.29, 0.717) is 18.8 Å². The van der Waals surface area contributed by atoms with Gasteiger partial charge in [0, 0.05) is 32.0 Å². The van der Waals surface area contributed by atoms with Gasteiger partial charge in [0.15, 0.2) is 0 Å². The van der Waals surface area contributed by atoms with Crippen molar-refractivity contribution < 1.29 is 14.4 Å². The molecule has 0 unspecified atom stereocenters. The second kappa shape index (κ2) is 8.03. The first kappa shape index (κ1) is 17.5. The maximum atomic E-state index is 12.0. The third kappa shape index (κ3) is 5.09. The molecule has 0 aromatic heterocycles. The van der Waals surface area contributed by atoms with E-state index in [9.17, 15) is 14.4 Å². The van der Waals surface area contributed by atoms with Gasteiger partial charge in [-0.15, -0.1) is 0 Å². The van der Waals surface area contributed by atoms with Gasteiger partial charge in [-0.25, -0.2) is 5.84 Å². The molecule has 0 spiro atoms. The second-order valence-corrected chi connectivity index (χ2v) is 4.83. The van der Waals surface area contributed by atoms with Gasteiger partial charge < -0.3 is 25.9 Å². The highest BCUT2D eigenvalue weighted by atomic mass is 16.2. The Balaban J connectivity index is 2.53. The van der Waals surface area contributed by atoms with Gasteiger partial charge in [0.1, 0.15) is 13.1 Å². The monoisotopic (exact) mass is 310 g/mol. The number of carbonyl (C=O) groups excluding carboxylic acids is 3. The minimum Gasteiger partial charge on any atom is -0.399 e. The summed E-state index contributed by atoms with van der Waals surface area (Å²) in [6.07, 6.45) is 2.59. The molecule has 1 aliphatic rings. The number of likely N-dealkylation sites (N-methyl/N-ethyl adjacent to an activating group) is 1. The number of carbonyl (C=O) groups is 3. The molecule has 1 aliphatic heterocycles. The summed E-state index contributed by atoms with van der Waals surface area (Å²) in [6, 6.07) is 0. The summed E-state index contributed by atoms with van der Waals surface area (Å²) in [4.78, 5) is 37.6. The van der Waals surface area contributed by atoms with Crippen LogP contribution in [0.5, 0.6) is 0 Å². The van der Waals surface area contributed by atoms with Crippen LogP contribution in [0.2, 0.25) is 0 Å². The Morgan fingerprint density at radius 1 is 1.45 bits per heavy atom. The van der Waals surface area contributed by atoms with Gasteiger partial charge in [-0.3, -0.25) is 14.4 Å². The Labute approximate surface area is 129 Å². The van der Waals surface area contributed by atoms with Gasteiger partial charge in [-0.05, 0) is 6.08 Å². The fourth-order valence-corrected chi connectivity index (χ4v) is 1.96. The minimum atomic E-state index is -0.268. The van der Waals surface area contributed by atoms with Crippen LogP contribution >= 0.6 is 0 Å². The summed E-state index contributed by atoms with van der Waals surface area (Å²) < 4.78 is 0. The van der Waals surface area contributed by atoms with Crippen LogP contribution in [0.15, 0.2) is 24.6 Å². The molecule has 122 valence electrons. The average Bonchev–Trinajstić information content (AvgIpc) is 2.47. The molecule has 0 atom stereocenters. The summed E-state index contributed by atoms with van der Waals surface area (Å²) in [5.74, 6) is 4.90. The molecule has 0 bridgehead atoms. The Morgan fingerprint density at radius 3 is 2.68 bits per heavy atom. The number of nitrogens with two attached hydrogens (primary N) is 2. The van der Waals surface area contributed by atoms with E-state index in [1.165, 1.54) is 29.1 Å². The number of piperazine rings is 1. The molecule has 1 saturated heterocycles. The van der Waals surface area contributed by atoms with Crippen LogP contribution in [0.3, 0.4) is 0 Å². The van der Waals surface area contributed by atoms with E-state index in [2.05, 4.69) is 11.9 Å². The quantitative estimate of drug-likeness (QED) is 0.284. The van der Waals surface area contributed by atoms with Crippen molar-refractivity contribution in [3.63, 3.8) is 0 Å². The molecule has 0 aliphatic carbocycles. The molecule has 1 rings (SSSR count). The summed E-state index contributed by atoms with van der Waals surface area (Å²) in [5.41, 5.74) is 6.17. The average molecular weight is 310 g/mol. The molecular weight excluding hydrogens is 288 g/mol. The van der Waals surface area contributed by atoms with Crippen LogP contribution < -0.4 is 16.9 Å². The molecule has 9 nitrogen and oxygen atoms in total. The molecule has 0 aromatic carbocycles. The number of rotatable bonds is 6. The molecule has 0 saturated carbocycles. The van der Waals surface area contributed by atoms with Crippen LogP contribution in [0.4, 0.5) is 0 Å². The van der Waals surface area contributed by atoms with Crippen LogP contribution in [0.25, 0.3) is 0 Å². The van der Waals surface area contributed by atoms with E-state index >= 15 is 0 Å². The molecule has 3 amide bonds. The third-order valence-corrected chi connectivity index (χ3v) is 3.12. The predicted molar refractivity (Wildman–Crippen MR) is 80.6 cm³/mol. The van der Waals surface area contributed by atoms with Crippen LogP contribution in [-0.4, -0.2) is 72.3 Å². The zero-order valence-electron chi connectivity index (χ0n) is 12.6. The highest BCUT2D eigenvalue weighted by Crippen LogP contribution is 2.05. The van der Waals surface area contributed by atoms with Gasteiger partial charge in [0.05, 0.1) is 6.54 Å². The van der Waals surface area contributed by atoms with Crippen molar-refractivity contribution in [2.45, 2.75) is 0 Å². The highest BCUT2D eigenvalue weighted by Gasteiger charge is 2.26. The minimum absolute atomic E-state index is 0.00269. The van der Waals surface area contributed by atoms with E-state index in [1.54, 1.807) is 0 Å². The SMILES string of the molecule is C=CC(=O)N1CCN(C/C(N)=C/N(N)CC(=O)NC)C(=O)C1. The summed E-state index contributed by atoms with van der Waals surface area (Å²) in [6.45, 7) is 4.36. The molecular formula is C13H22N6O3. The third-order valence-electron chi connectivity index (χ3n) is 3.12. The zero-order chi connectivity index (χ0) is 16.7. The number of nitrogens with one attached hydrogen (secondary N) is 1. The van der Waals surface area contributed by atoms with E-state index in [-0.39, 0.29) is 37.4 Å². The molecule has 1 fully saturated rings. The Bertz CT molecular complexity index is 490. The molecule has 0 radical (unpaired) electrons. The van der Waals surface area contributed by atoms with E-state index in [4.69, 9.17) is 11.6 Å². The summed E-state index contributed by atoms with van der Waals surface area (Å²) in [5, 5.41) is 3.59. The number of amides is 3. The number of hydrogen-bond acceptors (Lipinski definition) is 6. The molecule has 0 aromatic rings.